The molecule has 2 aliphatic heterocycles. The summed E-state index contributed by atoms with van der Waals surface area (Å²) in [6, 6.07) is 0.636. The number of piperidine rings is 1. The maximum absolute atomic E-state index is 6.10. The van der Waals surface area contributed by atoms with Gasteiger partial charge in [-0.25, -0.2) is 0 Å². The lowest BCUT2D eigenvalue weighted by molar-refractivity contribution is -0.0896. The Morgan fingerprint density at radius 3 is 2.71 bits per heavy atom. The van der Waals surface area contributed by atoms with E-state index in [1.807, 2.05) is 0 Å². The summed E-state index contributed by atoms with van der Waals surface area (Å²) in [4.78, 5) is 2.66. The molecule has 2 rings (SSSR count). The second-order valence-electron chi connectivity index (χ2n) is 6.30. The van der Waals surface area contributed by atoms with E-state index in [0.29, 0.717) is 6.04 Å². The Morgan fingerprint density at radius 2 is 2.12 bits per heavy atom. The van der Waals surface area contributed by atoms with E-state index in [2.05, 4.69) is 25.7 Å². The summed E-state index contributed by atoms with van der Waals surface area (Å²) < 4.78 is 5.73. The van der Waals surface area contributed by atoms with Gasteiger partial charge in [-0.05, 0) is 38.0 Å². The second-order valence-corrected chi connectivity index (χ2v) is 6.30. The molecule has 100 valence electrons. The maximum atomic E-state index is 6.10. The van der Waals surface area contributed by atoms with Crippen molar-refractivity contribution < 1.29 is 4.74 Å². The van der Waals surface area contributed by atoms with Gasteiger partial charge in [-0.15, -0.1) is 0 Å². The SMILES string of the molecule is CC1CC(C)C(C)N(C2(CN)CCCOC2)C1. The van der Waals surface area contributed by atoms with E-state index >= 15 is 0 Å². The van der Waals surface area contributed by atoms with Crippen molar-refractivity contribution in [3.05, 3.63) is 0 Å². The minimum Gasteiger partial charge on any atom is -0.379 e. The molecule has 0 amide bonds. The Morgan fingerprint density at radius 1 is 1.35 bits per heavy atom. The molecule has 0 saturated carbocycles. The van der Waals surface area contributed by atoms with Crippen LogP contribution in [-0.4, -0.2) is 42.8 Å². The van der Waals surface area contributed by atoms with Gasteiger partial charge in [0.2, 0.25) is 0 Å². The van der Waals surface area contributed by atoms with Crippen LogP contribution in [0.3, 0.4) is 0 Å². The van der Waals surface area contributed by atoms with Crippen molar-refractivity contribution in [3.63, 3.8) is 0 Å². The lowest BCUT2D eigenvalue weighted by Crippen LogP contribution is -2.64. The number of hydrogen-bond acceptors (Lipinski definition) is 3. The minimum atomic E-state index is 0.112. The summed E-state index contributed by atoms with van der Waals surface area (Å²) >= 11 is 0. The third-order valence-electron chi connectivity index (χ3n) is 4.89. The molecule has 0 radical (unpaired) electrons. The summed E-state index contributed by atoms with van der Waals surface area (Å²) in [5.74, 6) is 1.55. The van der Waals surface area contributed by atoms with Crippen LogP contribution in [0, 0.1) is 11.8 Å². The fourth-order valence-electron chi connectivity index (χ4n) is 3.68. The predicted octanol–water partition coefficient (Wildman–Crippen LogP) is 1.86. The molecule has 3 nitrogen and oxygen atoms in total. The van der Waals surface area contributed by atoms with Gasteiger partial charge in [0.25, 0.3) is 0 Å². The Balaban J connectivity index is 2.16. The van der Waals surface area contributed by atoms with Crippen molar-refractivity contribution in [1.29, 1.82) is 0 Å². The molecule has 0 aromatic heterocycles. The first-order chi connectivity index (χ1) is 8.09. The van der Waals surface area contributed by atoms with Crippen LogP contribution in [0.25, 0.3) is 0 Å². The van der Waals surface area contributed by atoms with E-state index < -0.39 is 0 Å². The van der Waals surface area contributed by atoms with Gasteiger partial charge in [0, 0.05) is 25.7 Å². The summed E-state index contributed by atoms with van der Waals surface area (Å²) in [7, 11) is 0. The van der Waals surface area contributed by atoms with Gasteiger partial charge >= 0.3 is 0 Å². The summed E-state index contributed by atoms with van der Waals surface area (Å²) in [6.45, 7) is 10.8. The standard InChI is InChI=1S/C14H28N2O/c1-11-7-12(2)13(3)16(8-11)14(9-15)5-4-6-17-10-14/h11-13H,4-10,15H2,1-3H3. The number of likely N-dealkylation sites (tertiary alicyclic amines) is 1. The van der Waals surface area contributed by atoms with Crippen LogP contribution in [0.4, 0.5) is 0 Å². The largest absolute Gasteiger partial charge is 0.379 e. The highest BCUT2D eigenvalue weighted by molar-refractivity contribution is 4.99. The second kappa shape index (κ2) is 5.25. The molecule has 0 bridgehead atoms. The topological polar surface area (TPSA) is 38.5 Å². The molecule has 2 aliphatic rings. The molecule has 4 unspecified atom stereocenters. The number of nitrogens with zero attached hydrogens (tertiary/aromatic N) is 1. The van der Waals surface area contributed by atoms with Crippen LogP contribution < -0.4 is 5.73 Å². The fourth-order valence-corrected chi connectivity index (χ4v) is 3.68. The van der Waals surface area contributed by atoms with Crippen molar-refractivity contribution >= 4 is 0 Å². The normalized spacial score (nSPS) is 44.8. The summed E-state index contributed by atoms with van der Waals surface area (Å²) in [6.07, 6.45) is 3.70. The Hall–Kier alpha value is -0.120. The molecule has 0 aromatic carbocycles. The van der Waals surface area contributed by atoms with Gasteiger partial charge in [0.05, 0.1) is 12.1 Å². The number of nitrogens with two attached hydrogens (primary N) is 1. The average molecular weight is 240 g/mol. The van der Waals surface area contributed by atoms with Crippen LogP contribution >= 0.6 is 0 Å². The first-order valence-electron chi connectivity index (χ1n) is 7.13. The van der Waals surface area contributed by atoms with E-state index in [-0.39, 0.29) is 5.54 Å². The highest BCUT2D eigenvalue weighted by Gasteiger charge is 2.43. The van der Waals surface area contributed by atoms with Gasteiger partial charge in [-0.1, -0.05) is 13.8 Å². The molecular weight excluding hydrogens is 212 g/mol. The van der Waals surface area contributed by atoms with Crippen molar-refractivity contribution in [2.75, 3.05) is 26.3 Å². The van der Waals surface area contributed by atoms with Crippen molar-refractivity contribution in [2.45, 2.75) is 51.6 Å². The van der Waals surface area contributed by atoms with Gasteiger partial charge in [-0.3, -0.25) is 4.90 Å². The molecule has 2 heterocycles. The van der Waals surface area contributed by atoms with Gasteiger partial charge in [0.15, 0.2) is 0 Å². The highest BCUT2D eigenvalue weighted by atomic mass is 16.5. The highest BCUT2D eigenvalue weighted by Crippen LogP contribution is 2.35. The molecule has 2 N–H and O–H groups in total. The first-order valence-corrected chi connectivity index (χ1v) is 7.13. The van der Waals surface area contributed by atoms with Crippen LogP contribution in [0.5, 0.6) is 0 Å². The quantitative estimate of drug-likeness (QED) is 0.800. The third-order valence-corrected chi connectivity index (χ3v) is 4.89. The summed E-state index contributed by atoms with van der Waals surface area (Å²) in [5.41, 5.74) is 6.21. The number of ether oxygens (including phenoxy) is 1. The zero-order valence-corrected chi connectivity index (χ0v) is 11.6. The van der Waals surface area contributed by atoms with Gasteiger partial charge in [-0.2, -0.15) is 0 Å². The van der Waals surface area contributed by atoms with E-state index in [1.54, 1.807) is 0 Å². The molecule has 0 spiro atoms. The van der Waals surface area contributed by atoms with Crippen LogP contribution in [0.2, 0.25) is 0 Å². The van der Waals surface area contributed by atoms with Crippen LogP contribution in [0.1, 0.15) is 40.0 Å². The number of hydrogen-bond donors (Lipinski definition) is 1. The predicted molar refractivity (Wildman–Crippen MR) is 71.0 cm³/mol. The molecule has 2 fully saturated rings. The average Bonchev–Trinajstić information content (AvgIpc) is 2.34. The lowest BCUT2D eigenvalue weighted by Gasteiger charge is -2.53. The molecule has 0 aliphatic carbocycles. The van der Waals surface area contributed by atoms with E-state index in [1.165, 1.54) is 19.4 Å². The monoisotopic (exact) mass is 240 g/mol. The van der Waals surface area contributed by atoms with Gasteiger partial charge in [0.1, 0.15) is 0 Å². The first kappa shape index (κ1) is 13.3. The Kier molecular flexibility index (Phi) is 4.11. The summed E-state index contributed by atoms with van der Waals surface area (Å²) in [5, 5.41) is 0. The molecule has 3 heteroatoms. The molecule has 17 heavy (non-hydrogen) atoms. The molecular formula is C14H28N2O. The van der Waals surface area contributed by atoms with E-state index in [9.17, 15) is 0 Å². The number of rotatable bonds is 2. The smallest absolute Gasteiger partial charge is 0.0662 e. The van der Waals surface area contributed by atoms with Crippen molar-refractivity contribution in [2.24, 2.45) is 17.6 Å². The maximum Gasteiger partial charge on any atom is 0.0662 e. The van der Waals surface area contributed by atoms with Crippen molar-refractivity contribution in [3.8, 4) is 0 Å². The molecule has 2 saturated heterocycles. The fraction of sp³-hybridized carbons (Fsp3) is 1.00. The Bertz CT molecular complexity index is 251. The third kappa shape index (κ3) is 2.51. The van der Waals surface area contributed by atoms with E-state index in [4.69, 9.17) is 10.5 Å². The zero-order chi connectivity index (χ0) is 12.5. The Labute approximate surface area is 106 Å². The minimum absolute atomic E-state index is 0.112. The van der Waals surface area contributed by atoms with Gasteiger partial charge < -0.3 is 10.5 Å². The van der Waals surface area contributed by atoms with Crippen LogP contribution in [0.15, 0.2) is 0 Å². The van der Waals surface area contributed by atoms with Crippen molar-refractivity contribution in [1.82, 2.24) is 4.90 Å². The van der Waals surface area contributed by atoms with Crippen LogP contribution in [-0.2, 0) is 4.74 Å². The molecule has 4 atom stereocenters. The zero-order valence-electron chi connectivity index (χ0n) is 11.6. The van der Waals surface area contributed by atoms with E-state index in [0.717, 1.165) is 38.0 Å². The lowest BCUT2D eigenvalue weighted by atomic mass is 9.80. The molecule has 0 aromatic rings.